The van der Waals surface area contributed by atoms with Gasteiger partial charge >= 0.3 is 0 Å². The summed E-state index contributed by atoms with van der Waals surface area (Å²) in [5.74, 6) is -4.61. The van der Waals surface area contributed by atoms with Crippen molar-refractivity contribution in [1.82, 2.24) is 0 Å². The van der Waals surface area contributed by atoms with Crippen LogP contribution in [0.25, 0.3) is 0 Å². The molecule has 0 bridgehead atoms. The van der Waals surface area contributed by atoms with Crippen LogP contribution in [0.1, 0.15) is 10.4 Å². The maximum atomic E-state index is 13.5. The van der Waals surface area contributed by atoms with Gasteiger partial charge in [-0.3, -0.25) is 4.79 Å². The zero-order chi connectivity index (χ0) is 14.9. The van der Waals surface area contributed by atoms with Gasteiger partial charge in [-0.25, -0.2) is 13.2 Å². The van der Waals surface area contributed by atoms with Crippen LogP contribution in [0.3, 0.4) is 0 Å². The fourth-order valence-electron chi connectivity index (χ4n) is 1.59. The van der Waals surface area contributed by atoms with Crippen LogP contribution in [0.5, 0.6) is 11.5 Å². The number of primary amides is 1. The van der Waals surface area contributed by atoms with Gasteiger partial charge in [-0.15, -0.1) is 0 Å². The maximum absolute atomic E-state index is 13.5. The molecular formula is C13H9F3N2O2. The third-order valence-electron chi connectivity index (χ3n) is 2.50. The zero-order valence-electron chi connectivity index (χ0n) is 9.99. The zero-order valence-corrected chi connectivity index (χ0v) is 9.99. The Morgan fingerprint density at radius 2 is 1.75 bits per heavy atom. The van der Waals surface area contributed by atoms with Crippen LogP contribution < -0.4 is 16.2 Å². The summed E-state index contributed by atoms with van der Waals surface area (Å²) >= 11 is 0. The van der Waals surface area contributed by atoms with Gasteiger partial charge < -0.3 is 16.2 Å². The normalized spacial score (nSPS) is 10.3. The Morgan fingerprint density at radius 3 is 2.40 bits per heavy atom. The molecule has 7 heteroatoms. The number of anilines is 1. The summed E-state index contributed by atoms with van der Waals surface area (Å²) in [5.41, 5.74) is 9.42. The summed E-state index contributed by atoms with van der Waals surface area (Å²) in [6, 6.07) is 4.87. The first-order valence-corrected chi connectivity index (χ1v) is 5.41. The number of rotatable bonds is 3. The largest absolute Gasteiger partial charge is 0.454 e. The van der Waals surface area contributed by atoms with Gasteiger partial charge in [0.25, 0.3) is 5.91 Å². The SMILES string of the molecule is NC(=O)c1c(F)cccc1Oc1cc(F)cc(F)c1N. The van der Waals surface area contributed by atoms with E-state index < -0.39 is 34.6 Å². The van der Waals surface area contributed by atoms with E-state index in [-0.39, 0.29) is 11.5 Å². The van der Waals surface area contributed by atoms with Crippen molar-refractivity contribution < 1.29 is 22.7 Å². The number of hydrogen-bond donors (Lipinski definition) is 2. The number of nitrogens with two attached hydrogens (primary N) is 2. The minimum Gasteiger partial charge on any atom is -0.454 e. The average molecular weight is 282 g/mol. The molecule has 0 heterocycles. The van der Waals surface area contributed by atoms with Crippen LogP contribution in [0.4, 0.5) is 18.9 Å². The summed E-state index contributed by atoms with van der Waals surface area (Å²) < 4.78 is 45.0. The quantitative estimate of drug-likeness (QED) is 0.849. The van der Waals surface area contributed by atoms with Crippen LogP contribution in [0.2, 0.25) is 0 Å². The molecule has 0 atom stereocenters. The molecule has 0 radical (unpaired) electrons. The molecule has 0 aromatic heterocycles. The van der Waals surface area contributed by atoms with Crippen molar-refractivity contribution >= 4 is 11.6 Å². The van der Waals surface area contributed by atoms with Crippen molar-refractivity contribution in [3.8, 4) is 11.5 Å². The number of carbonyl (C=O) groups is 1. The van der Waals surface area contributed by atoms with Gasteiger partial charge in [-0.05, 0) is 12.1 Å². The van der Waals surface area contributed by atoms with Crippen molar-refractivity contribution in [2.24, 2.45) is 5.73 Å². The predicted molar refractivity (Wildman–Crippen MR) is 65.8 cm³/mol. The summed E-state index contributed by atoms with van der Waals surface area (Å²) in [7, 11) is 0. The molecule has 2 rings (SSSR count). The van der Waals surface area contributed by atoms with Crippen molar-refractivity contribution in [3.05, 3.63) is 53.3 Å². The van der Waals surface area contributed by atoms with Crippen molar-refractivity contribution in [3.63, 3.8) is 0 Å². The van der Waals surface area contributed by atoms with E-state index in [4.69, 9.17) is 16.2 Å². The minimum absolute atomic E-state index is 0.283. The summed E-state index contributed by atoms with van der Waals surface area (Å²) in [6.45, 7) is 0. The molecule has 4 N–H and O–H groups in total. The molecule has 0 saturated carbocycles. The van der Waals surface area contributed by atoms with Gasteiger partial charge in [0, 0.05) is 12.1 Å². The number of hydrogen-bond acceptors (Lipinski definition) is 3. The minimum atomic E-state index is -1.08. The number of nitrogen functional groups attached to an aromatic ring is 1. The third kappa shape index (κ3) is 2.51. The van der Waals surface area contributed by atoms with E-state index in [0.717, 1.165) is 12.1 Å². The van der Waals surface area contributed by atoms with E-state index in [1.165, 1.54) is 12.1 Å². The first-order chi connectivity index (χ1) is 9.40. The van der Waals surface area contributed by atoms with Gasteiger partial charge in [0.05, 0.1) is 0 Å². The van der Waals surface area contributed by atoms with Crippen LogP contribution in [0.15, 0.2) is 30.3 Å². The molecule has 0 aliphatic heterocycles. The second-order valence-corrected chi connectivity index (χ2v) is 3.88. The highest BCUT2D eigenvalue weighted by molar-refractivity contribution is 5.96. The smallest absolute Gasteiger partial charge is 0.255 e. The first-order valence-electron chi connectivity index (χ1n) is 5.41. The molecule has 0 aliphatic rings. The van der Waals surface area contributed by atoms with E-state index in [1.54, 1.807) is 0 Å². The Balaban J connectivity index is 2.51. The van der Waals surface area contributed by atoms with E-state index in [2.05, 4.69) is 0 Å². The highest BCUT2D eigenvalue weighted by atomic mass is 19.1. The molecule has 20 heavy (non-hydrogen) atoms. The van der Waals surface area contributed by atoms with Crippen molar-refractivity contribution in [1.29, 1.82) is 0 Å². The van der Waals surface area contributed by atoms with Gasteiger partial charge in [0.2, 0.25) is 0 Å². The van der Waals surface area contributed by atoms with E-state index in [9.17, 15) is 18.0 Å². The number of halogens is 3. The van der Waals surface area contributed by atoms with E-state index >= 15 is 0 Å². The number of carbonyl (C=O) groups excluding carboxylic acids is 1. The molecule has 0 fully saturated rings. The maximum Gasteiger partial charge on any atom is 0.255 e. The second-order valence-electron chi connectivity index (χ2n) is 3.88. The second kappa shape index (κ2) is 5.12. The average Bonchev–Trinajstić information content (AvgIpc) is 2.35. The number of amides is 1. The lowest BCUT2D eigenvalue weighted by Gasteiger charge is -2.12. The molecule has 104 valence electrons. The van der Waals surface area contributed by atoms with E-state index in [1.807, 2.05) is 0 Å². The summed E-state index contributed by atoms with van der Waals surface area (Å²) in [4.78, 5) is 11.2. The van der Waals surface area contributed by atoms with Gasteiger partial charge in [-0.2, -0.15) is 0 Å². The molecule has 2 aromatic carbocycles. The highest BCUT2D eigenvalue weighted by Gasteiger charge is 2.18. The molecule has 0 saturated heterocycles. The highest BCUT2D eigenvalue weighted by Crippen LogP contribution is 2.32. The molecule has 2 aromatic rings. The number of ether oxygens (including phenoxy) is 1. The fourth-order valence-corrected chi connectivity index (χ4v) is 1.59. The van der Waals surface area contributed by atoms with Crippen LogP contribution in [-0.4, -0.2) is 5.91 Å². The van der Waals surface area contributed by atoms with Gasteiger partial charge in [0.1, 0.15) is 28.6 Å². The van der Waals surface area contributed by atoms with Crippen LogP contribution >= 0.6 is 0 Å². The molecule has 0 unspecified atom stereocenters. The fraction of sp³-hybridized carbons (Fsp3) is 0. The Bertz CT molecular complexity index is 690. The van der Waals surface area contributed by atoms with Crippen molar-refractivity contribution in [2.75, 3.05) is 5.73 Å². The van der Waals surface area contributed by atoms with Gasteiger partial charge in [-0.1, -0.05) is 6.07 Å². The monoisotopic (exact) mass is 282 g/mol. The summed E-state index contributed by atoms with van der Waals surface area (Å²) in [6.07, 6.45) is 0. The number of benzene rings is 2. The van der Waals surface area contributed by atoms with Gasteiger partial charge in [0.15, 0.2) is 11.6 Å². The standard InChI is InChI=1S/C13H9F3N2O2/c14-6-4-8(16)12(17)10(5-6)20-9-3-1-2-7(15)11(9)13(18)19/h1-5H,17H2,(H2,18,19). The topological polar surface area (TPSA) is 78.3 Å². The lowest BCUT2D eigenvalue weighted by molar-refractivity contribution is 0.0994. The Morgan fingerprint density at radius 1 is 1.05 bits per heavy atom. The third-order valence-corrected chi connectivity index (χ3v) is 2.50. The molecular weight excluding hydrogens is 273 g/mol. The Kier molecular flexibility index (Phi) is 3.51. The predicted octanol–water partition coefficient (Wildman–Crippen LogP) is 2.58. The molecule has 0 spiro atoms. The van der Waals surface area contributed by atoms with Crippen molar-refractivity contribution in [2.45, 2.75) is 0 Å². The summed E-state index contributed by atoms with van der Waals surface area (Å²) in [5, 5.41) is 0. The Labute approximate surface area is 111 Å². The lowest BCUT2D eigenvalue weighted by Crippen LogP contribution is -2.14. The molecule has 4 nitrogen and oxygen atoms in total. The van der Waals surface area contributed by atoms with Crippen LogP contribution in [0, 0.1) is 17.5 Å². The van der Waals surface area contributed by atoms with E-state index in [0.29, 0.717) is 6.07 Å². The molecule has 0 aliphatic carbocycles. The lowest BCUT2D eigenvalue weighted by atomic mass is 10.1. The Hall–Kier alpha value is -2.70. The first kappa shape index (κ1) is 13.7. The molecule has 1 amide bonds. The van der Waals surface area contributed by atoms with Crippen LogP contribution in [-0.2, 0) is 0 Å².